The fourth-order valence-corrected chi connectivity index (χ4v) is 3.99. The molecule has 1 aliphatic heterocycles. The number of hydrogen-bond donors (Lipinski definition) is 1. The standard InChI is InChI=1S/C17H16ClNOS/c1-10-4-3-5-13(11(10)2)17-14-8-12(18)6-7-15(14)19-16(20)9-21-17/h3-8,17H,9H2,1-2H3,(H,19,20). The normalized spacial score (nSPS) is 17.9. The van der Waals surface area contributed by atoms with Crippen LogP contribution in [0.3, 0.4) is 0 Å². The van der Waals surface area contributed by atoms with Crippen molar-refractivity contribution in [3.8, 4) is 0 Å². The van der Waals surface area contributed by atoms with E-state index in [4.69, 9.17) is 11.6 Å². The summed E-state index contributed by atoms with van der Waals surface area (Å²) < 4.78 is 0. The minimum absolute atomic E-state index is 0.0383. The number of amides is 1. The molecule has 0 saturated carbocycles. The second-order valence-corrected chi connectivity index (χ2v) is 6.79. The molecule has 0 aliphatic carbocycles. The molecular formula is C17H16ClNOS. The highest BCUT2D eigenvalue weighted by atomic mass is 35.5. The predicted octanol–water partition coefficient (Wildman–Crippen LogP) is 4.73. The van der Waals surface area contributed by atoms with Gasteiger partial charge in [-0.3, -0.25) is 4.79 Å². The number of fused-ring (bicyclic) bond motifs is 1. The summed E-state index contributed by atoms with van der Waals surface area (Å²) in [6.07, 6.45) is 0. The Hall–Kier alpha value is -1.45. The van der Waals surface area contributed by atoms with E-state index >= 15 is 0 Å². The summed E-state index contributed by atoms with van der Waals surface area (Å²) in [6.45, 7) is 4.25. The molecule has 1 amide bonds. The molecule has 1 atom stereocenters. The number of halogens is 1. The Kier molecular flexibility index (Phi) is 3.96. The van der Waals surface area contributed by atoms with Gasteiger partial charge >= 0.3 is 0 Å². The topological polar surface area (TPSA) is 29.1 Å². The molecule has 1 heterocycles. The van der Waals surface area contributed by atoms with Gasteiger partial charge in [-0.2, -0.15) is 0 Å². The fourth-order valence-electron chi connectivity index (χ4n) is 2.61. The van der Waals surface area contributed by atoms with E-state index in [0.717, 1.165) is 11.3 Å². The van der Waals surface area contributed by atoms with Crippen LogP contribution in [0.2, 0.25) is 5.02 Å². The third-order valence-electron chi connectivity index (χ3n) is 3.88. The van der Waals surface area contributed by atoms with Crippen molar-refractivity contribution < 1.29 is 4.79 Å². The lowest BCUT2D eigenvalue weighted by Crippen LogP contribution is -2.12. The summed E-state index contributed by atoms with van der Waals surface area (Å²) in [4.78, 5) is 11.9. The molecule has 0 saturated heterocycles. The minimum Gasteiger partial charge on any atom is -0.325 e. The SMILES string of the molecule is Cc1cccc(C2SCC(=O)Nc3ccc(Cl)cc32)c1C. The van der Waals surface area contributed by atoms with Gasteiger partial charge in [0.2, 0.25) is 5.91 Å². The van der Waals surface area contributed by atoms with Crippen molar-refractivity contribution in [2.75, 3.05) is 11.1 Å². The van der Waals surface area contributed by atoms with Gasteiger partial charge in [0.05, 0.1) is 11.0 Å². The Morgan fingerprint density at radius 1 is 1.19 bits per heavy atom. The number of nitrogens with one attached hydrogen (secondary N) is 1. The van der Waals surface area contributed by atoms with Crippen molar-refractivity contribution >= 4 is 35.0 Å². The smallest absolute Gasteiger partial charge is 0.234 e. The third kappa shape index (κ3) is 2.81. The van der Waals surface area contributed by atoms with Crippen LogP contribution in [0.15, 0.2) is 36.4 Å². The number of aryl methyl sites for hydroxylation is 1. The minimum atomic E-state index is 0.0383. The molecule has 1 aliphatic rings. The Labute approximate surface area is 133 Å². The number of rotatable bonds is 1. The van der Waals surface area contributed by atoms with Crippen molar-refractivity contribution in [2.24, 2.45) is 0 Å². The van der Waals surface area contributed by atoms with Crippen LogP contribution >= 0.6 is 23.4 Å². The predicted molar refractivity (Wildman–Crippen MR) is 90.3 cm³/mol. The first-order chi connectivity index (χ1) is 10.1. The molecule has 2 aromatic carbocycles. The zero-order chi connectivity index (χ0) is 15.0. The monoisotopic (exact) mass is 317 g/mol. The van der Waals surface area contributed by atoms with Gasteiger partial charge in [-0.15, -0.1) is 11.8 Å². The van der Waals surface area contributed by atoms with E-state index in [9.17, 15) is 4.79 Å². The van der Waals surface area contributed by atoms with Crippen molar-refractivity contribution in [3.63, 3.8) is 0 Å². The van der Waals surface area contributed by atoms with E-state index < -0.39 is 0 Å². The van der Waals surface area contributed by atoms with E-state index in [1.54, 1.807) is 11.8 Å². The zero-order valence-electron chi connectivity index (χ0n) is 11.9. The van der Waals surface area contributed by atoms with E-state index in [1.807, 2.05) is 18.2 Å². The van der Waals surface area contributed by atoms with Gasteiger partial charge in [0, 0.05) is 10.7 Å². The van der Waals surface area contributed by atoms with Gasteiger partial charge in [-0.25, -0.2) is 0 Å². The Morgan fingerprint density at radius 3 is 2.81 bits per heavy atom. The number of carbonyl (C=O) groups is 1. The average molecular weight is 318 g/mol. The lowest BCUT2D eigenvalue weighted by atomic mass is 9.96. The number of thioether (sulfide) groups is 1. The highest BCUT2D eigenvalue weighted by Crippen LogP contribution is 2.43. The molecule has 0 radical (unpaired) electrons. The summed E-state index contributed by atoms with van der Waals surface area (Å²) in [6, 6.07) is 12.0. The number of carbonyl (C=O) groups excluding carboxylic acids is 1. The molecule has 3 rings (SSSR count). The van der Waals surface area contributed by atoms with Gasteiger partial charge in [-0.1, -0.05) is 29.8 Å². The van der Waals surface area contributed by atoms with Crippen LogP contribution in [-0.2, 0) is 4.79 Å². The Balaban J connectivity index is 2.17. The largest absolute Gasteiger partial charge is 0.325 e. The Morgan fingerprint density at radius 2 is 2.00 bits per heavy atom. The molecule has 0 fully saturated rings. The summed E-state index contributed by atoms with van der Waals surface area (Å²) in [5.41, 5.74) is 5.72. The molecule has 1 unspecified atom stereocenters. The lowest BCUT2D eigenvalue weighted by Gasteiger charge is -2.20. The van der Waals surface area contributed by atoms with Crippen molar-refractivity contribution in [1.82, 2.24) is 0 Å². The van der Waals surface area contributed by atoms with Crippen LogP contribution in [-0.4, -0.2) is 11.7 Å². The highest BCUT2D eigenvalue weighted by molar-refractivity contribution is 8.00. The maximum absolute atomic E-state index is 11.9. The van der Waals surface area contributed by atoms with E-state index in [-0.39, 0.29) is 11.2 Å². The highest BCUT2D eigenvalue weighted by Gasteiger charge is 2.25. The fraction of sp³-hybridized carbons (Fsp3) is 0.235. The van der Waals surface area contributed by atoms with E-state index in [2.05, 4.69) is 37.4 Å². The molecule has 4 heteroatoms. The van der Waals surface area contributed by atoms with Gasteiger partial charge in [0.15, 0.2) is 0 Å². The molecule has 2 nitrogen and oxygen atoms in total. The van der Waals surface area contributed by atoms with Gasteiger partial charge in [0.25, 0.3) is 0 Å². The first-order valence-corrected chi connectivity index (χ1v) is 8.26. The summed E-state index contributed by atoms with van der Waals surface area (Å²) >= 11 is 7.82. The number of benzene rings is 2. The maximum atomic E-state index is 11.9. The quantitative estimate of drug-likeness (QED) is 0.823. The molecule has 21 heavy (non-hydrogen) atoms. The van der Waals surface area contributed by atoms with Gasteiger partial charge in [0.1, 0.15) is 0 Å². The van der Waals surface area contributed by atoms with Crippen LogP contribution < -0.4 is 5.32 Å². The zero-order valence-corrected chi connectivity index (χ0v) is 13.5. The van der Waals surface area contributed by atoms with Crippen LogP contribution in [0.4, 0.5) is 5.69 Å². The summed E-state index contributed by atoms with van der Waals surface area (Å²) in [7, 11) is 0. The van der Waals surface area contributed by atoms with Crippen LogP contribution in [0.25, 0.3) is 0 Å². The third-order valence-corrected chi connectivity index (χ3v) is 5.39. The first kappa shape index (κ1) is 14.5. The van der Waals surface area contributed by atoms with Crippen molar-refractivity contribution in [1.29, 1.82) is 0 Å². The van der Waals surface area contributed by atoms with Crippen LogP contribution in [0, 0.1) is 13.8 Å². The lowest BCUT2D eigenvalue weighted by molar-refractivity contribution is -0.113. The van der Waals surface area contributed by atoms with Gasteiger partial charge in [-0.05, 0) is 54.3 Å². The van der Waals surface area contributed by atoms with Crippen LogP contribution in [0.5, 0.6) is 0 Å². The molecule has 108 valence electrons. The molecule has 2 aromatic rings. The number of anilines is 1. The van der Waals surface area contributed by atoms with Gasteiger partial charge < -0.3 is 5.32 Å². The molecule has 1 N–H and O–H groups in total. The summed E-state index contributed by atoms with van der Waals surface area (Å²) in [5.74, 6) is 0.487. The first-order valence-electron chi connectivity index (χ1n) is 6.83. The van der Waals surface area contributed by atoms with E-state index in [1.165, 1.54) is 16.7 Å². The maximum Gasteiger partial charge on any atom is 0.234 e. The van der Waals surface area contributed by atoms with Crippen molar-refractivity contribution in [3.05, 3.63) is 63.7 Å². The molecule has 0 bridgehead atoms. The van der Waals surface area contributed by atoms with Crippen molar-refractivity contribution in [2.45, 2.75) is 19.1 Å². The molecule has 0 spiro atoms. The second kappa shape index (κ2) is 5.74. The second-order valence-electron chi connectivity index (χ2n) is 5.26. The van der Waals surface area contributed by atoms with E-state index in [0.29, 0.717) is 10.8 Å². The molecular weight excluding hydrogens is 302 g/mol. The number of hydrogen-bond acceptors (Lipinski definition) is 2. The molecule has 0 aromatic heterocycles. The average Bonchev–Trinajstić information content (AvgIpc) is 2.61. The van der Waals surface area contributed by atoms with Crippen LogP contribution in [0.1, 0.15) is 27.5 Å². The Bertz CT molecular complexity index is 714. The summed E-state index contributed by atoms with van der Waals surface area (Å²) in [5, 5.41) is 3.78.